The molecule has 0 aliphatic carbocycles. The van der Waals surface area contributed by atoms with Crippen molar-refractivity contribution in [2.24, 2.45) is 5.73 Å². The minimum atomic E-state index is -0.500. The second kappa shape index (κ2) is 5.27. The molecule has 18 heavy (non-hydrogen) atoms. The number of carbonyl (C=O) groups excluding carboxylic acids is 1. The van der Waals surface area contributed by atoms with Gasteiger partial charge in [-0.05, 0) is 25.0 Å². The monoisotopic (exact) mass is 249 g/mol. The Hall–Kier alpha value is -1.75. The first-order valence-corrected chi connectivity index (χ1v) is 6.10. The van der Waals surface area contributed by atoms with E-state index in [1.165, 1.54) is 0 Å². The van der Waals surface area contributed by atoms with Crippen LogP contribution in [0.25, 0.3) is 0 Å². The van der Waals surface area contributed by atoms with Crippen molar-refractivity contribution in [1.82, 2.24) is 0 Å². The fourth-order valence-corrected chi connectivity index (χ4v) is 2.29. The molecular formula is C13H19N3O2. The molecule has 1 aliphatic rings. The van der Waals surface area contributed by atoms with Gasteiger partial charge in [0, 0.05) is 20.2 Å². The van der Waals surface area contributed by atoms with Crippen LogP contribution < -0.4 is 16.4 Å². The number of likely N-dealkylation sites (N-methyl/N-ethyl adjacent to an activating group) is 1. The molecule has 1 aromatic rings. The van der Waals surface area contributed by atoms with E-state index in [2.05, 4.69) is 0 Å². The van der Waals surface area contributed by atoms with Crippen molar-refractivity contribution in [3.8, 4) is 0 Å². The van der Waals surface area contributed by atoms with Crippen LogP contribution in [-0.2, 0) is 4.74 Å². The van der Waals surface area contributed by atoms with Crippen molar-refractivity contribution >= 4 is 17.3 Å². The Morgan fingerprint density at radius 1 is 1.56 bits per heavy atom. The Morgan fingerprint density at radius 2 is 2.33 bits per heavy atom. The van der Waals surface area contributed by atoms with Gasteiger partial charge in [-0.2, -0.15) is 0 Å². The quantitative estimate of drug-likeness (QED) is 0.779. The lowest BCUT2D eigenvalue weighted by Gasteiger charge is -2.24. The summed E-state index contributed by atoms with van der Waals surface area (Å²) < 4.78 is 5.59. The Bertz CT molecular complexity index is 442. The van der Waals surface area contributed by atoms with Crippen molar-refractivity contribution in [2.75, 3.05) is 30.8 Å². The summed E-state index contributed by atoms with van der Waals surface area (Å²) in [7, 11) is 1.94. The highest BCUT2D eigenvalue weighted by Crippen LogP contribution is 2.26. The van der Waals surface area contributed by atoms with Gasteiger partial charge >= 0.3 is 0 Å². The molecule has 2 rings (SSSR count). The van der Waals surface area contributed by atoms with Crippen molar-refractivity contribution in [2.45, 2.75) is 18.9 Å². The maximum absolute atomic E-state index is 11.2. The molecule has 0 saturated carbocycles. The van der Waals surface area contributed by atoms with Crippen LogP contribution >= 0.6 is 0 Å². The van der Waals surface area contributed by atoms with E-state index in [1.54, 1.807) is 12.1 Å². The van der Waals surface area contributed by atoms with Crippen LogP contribution in [0.2, 0.25) is 0 Å². The molecule has 98 valence electrons. The first-order chi connectivity index (χ1) is 8.59. The SMILES string of the molecule is CN(CC1CCCO1)c1cccc(C(N)=O)c1N. The van der Waals surface area contributed by atoms with E-state index in [0.29, 0.717) is 11.3 Å². The normalized spacial score (nSPS) is 18.8. The number of nitrogens with zero attached hydrogens (tertiary/aromatic N) is 1. The third-order valence-electron chi connectivity index (χ3n) is 3.26. The number of amides is 1. The third kappa shape index (κ3) is 2.56. The fraction of sp³-hybridized carbons (Fsp3) is 0.462. The topological polar surface area (TPSA) is 81.6 Å². The first kappa shape index (κ1) is 12.7. The van der Waals surface area contributed by atoms with E-state index in [9.17, 15) is 4.79 Å². The average molecular weight is 249 g/mol. The number of primary amides is 1. The van der Waals surface area contributed by atoms with E-state index in [4.69, 9.17) is 16.2 Å². The van der Waals surface area contributed by atoms with Crippen LogP contribution in [0.15, 0.2) is 18.2 Å². The van der Waals surface area contributed by atoms with Crippen molar-refractivity contribution < 1.29 is 9.53 Å². The summed E-state index contributed by atoms with van der Waals surface area (Å²) in [5.41, 5.74) is 12.9. The minimum absolute atomic E-state index is 0.242. The summed E-state index contributed by atoms with van der Waals surface area (Å²) >= 11 is 0. The van der Waals surface area contributed by atoms with Gasteiger partial charge in [-0.15, -0.1) is 0 Å². The van der Waals surface area contributed by atoms with Gasteiger partial charge in [-0.1, -0.05) is 6.07 Å². The Balaban J connectivity index is 2.16. The van der Waals surface area contributed by atoms with Gasteiger partial charge in [0.05, 0.1) is 23.0 Å². The maximum Gasteiger partial charge on any atom is 0.250 e. The molecule has 1 aromatic carbocycles. The van der Waals surface area contributed by atoms with Gasteiger partial charge in [-0.3, -0.25) is 4.79 Å². The molecule has 1 unspecified atom stereocenters. The molecule has 1 atom stereocenters. The van der Waals surface area contributed by atoms with E-state index < -0.39 is 5.91 Å². The van der Waals surface area contributed by atoms with E-state index in [1.807, 2.05) is 18.0 Å². The van der Waals surface area contributed by atoms with Crippen LogP contribution in [0.1, 0.15) is 23.2 Å². The molecule has 1 amide bonds. The molecule has 1 saturated heterocycles. The molecule has 1 aliphatic heterocycles. The molecular weight excluding hydrogens is 230 g/mol. The van der Waals surface area contributed by atoms with Gasteiger partial charge in [0.25, 0.3) is 5.91 Å². The van der Waals surface area contributed by atoms with Crippen LogP contribution in [0, 0.1) is 0 Å². The molecule has 1 heterocycles. The van der Waals surface area contributed by atoms with Gasteiger partial charge in [0.1, 0.15) is 0 Å². The molecule has 5 heteroatoms. The fourth-order valence-electron chi connectivity index (χ4n) is 2.29. The predicted octanol–water partition coefficient (Wildman–Crippen LogP) is 0.983. The molecule has 0 spiro atoms. The molecule has 0 bridgehead atoms. The number of carbonyl (C=O) groups is 1. The van der Waals surface area contributed by atoms with Crippen molar-refractivity contribution in [3.05, 3.63) is 23.8 Å². The molecule has 5 nitrogen and oxygen atoms in total. The Morgan fingerprint density at radius 3 is 2.94 bits per heavy atom. The zero-order chi connectivity index (χ0) is 13.1. The summed E-state index contributed by atoms with van der Waals surface area (Å²) in [6.45, 7) is 1.60. The number of rotatable bonds is 4. The minimum Gasteiger partial charge on any atom is -0.396 e. The summed E-state index contributed by atoms with van der Waals surface area (Å²) in [5.74, 6) is -0.500. The summed E-state index contributed by atoms with van der Waals surface area (Å²) in [6.07, 6.45) is 2.42. The summed E-state index contributed by atoms with van der Waals surface area (Å²) in [6, 6.07) is 5.32. The highest BCUT2D eigenvalue weighted by atomic mass is 16.5. The molecule has 0 aromatic heterocycles. The lowest BCUT2D eigenvalue weighted by molar-refractivity contribution is 0.100. The zero-order valence-corrected chi connectivity index (χ0v) is 10.6. The number of hydrogen-bond donors (Lipinski definition) is 2. The summed E-state index contributed by atoms with van der Waals surface area (Å²) in [4.78, 5) is 13.3. The van der Waals surface area contributed by atoms with Gasteiger partial charge in [-0.25, -0.2) is 0 Å². The van der Waals surface area contributed by atoms with Crippen LogP contribution in [0.4, 0.5) is 11.4 Å². The standard InChI is InChI=1S/C13H19N3O2/c1-16(8-9-4-3-7-18-9)11-6-2-5-10(12(11)14)13(15)17/h2,5-6,9H,3-4,7-8,14H2,1H3,(H2,15,17). The van der Waals surface area contributed by atoms with Crippen LogP contribution in [-0.4, -0.2) is 32.2 Å². The highest BCUT2D eigenvalue weighted by molar-refractivity contribution is 6.00. The second-order valence-electron chi connectivity index (χ2n) is 4.62. The van der Waals surface area contributed by atoms with E-state index in [0.717, 1.165) is 31.7 Å². The van der Waals surface area contributed by atoms with Crippen molar-refractivity contribution in [1.29, 1.82) is 0 Å². The first-order valence-electron chi connectivity index (χ1n) is 6.10. The summed E-state index contributed by atoms with van der Waals surface area (Å²) in [5, 5.41) is 0. The van der Waals surface area contributed by atoms with E-state index >= 15 is 0 Å². The number of benzene rings is 1. The Labute approximate surface area is 107 Å². The molecule has 4 N–H and O–H groups in total. The number of para-hydroxylation sites is 1. The van der Waals surface area contributed by atoms with Gasteiger partial charge in [0.2, 0.25) is 0 Å². The zero-order valence-electron chi connectivity index (χ0n) is 10.6. The average Bonchev–Trinajstić information content (AvgIpc) is 2.81. The largest absolute Gasteiger partial charge is 0.396 e. The highest BCUT2D eigenvalue weighted by Gasteiger charge is 2.19. The van der Waals surface area contributed by atoms with E-state index in [-0.39, 0.29) is 6.10 Å². The lowest BCUT2D eigenvalue weighted by atomic mass is 10.1. The van der Waals surface area contributed by atoms with Gasteiger partial charge in [0.15, 0.2) is 0 Å². The van der Waals surface area contributed by atoms with Crippen molar-refractivity contribution in [3.63, 3.8) is 0 Å². The third-order valence-corrected chi connectivity index (χ3v) is 3.26. The maximum atomic E-state index is 11.2. The van der Waals surface area contributed by atoms with Crippen LogP contribution in [0.3, 0.4) is 0 Å². The molecule has 1 fully saturated rings. The Kier molecular flexibility index (Phi) is 3.72. The second-order valence-corrected chi connectivity index (χ2v) is 4.62. The smallest absolute Gasteiger partial charge is 0.250 e. The number of nitrogens with two attached hydrogens (primary N) is 2. The van der Waals surface area contributed by atoms with Gasteiger partial charge < -0.3 is 21.1 Å². The number of anilines is 2. The number of nitrogen functional groups attached to an aromatic ring is 1. The number of hydrogen-bond acceptors (Lipinski definition) is 4. The molecule has 0 radical (unpaired) electrons. The predicted molar refractivity (Wildman–Crippen MR) is 71.6 cm³/mol. The number of ether oxygens (including phenoxy) is 1. The van der Waals surface area contributed by atoms with Crippen LogP contribution in [0.5, 0.6) is 0 Å². The lowest BCUT2D eigenvalue weighted by Crippen LogP contribution is -2.29.